The van der Waals surface area contributed by atoms with Crippen LogP contribution in [0.15, 0.2) is 4.99 Å². The van der Waals surface area contributed by atoms with Crippen LogP contribution in [0.2, 0.25) is 0 Å². The molecule has 21 heavy (non-hydrogen) atoms. The average Bonchev–Trinajstić information content (AvgIpc) is 3.22. The van der Waals surface area contributed by atoms with Crippen molar-refractivity contribution in [1.29, 1.82) is 0 Å². The van der Waals surface area contributed by atoms with Gasteiger partial charge in [0, 0.05) is 26.2 Å². The lowest BCUT2D eigenvalue weighted by molar-refractivity contribution is -0.120. The Labute approximate surface area is 127 Å². The lowest BCUT2D eigenvalue weighted by Gasteiger charge is -2.33. The van der Waals surface area contributed by atoms with E-state index in [-0.39, 0.29) is 5.91 Å². The van der Waals surface area contributed by atoms with Crippen molar-refractivity contribution in [1.82, 2.24) is 15.5 Å². The third kappa shape index (κ3) is 3.69. The lowest BCUT2D eigenvalue weighted by Crippen LogP contribution is -2.45. The summed E-state index contributed by atoms with van der Waals surface area (Å²) >= 11 is 0. The fourth-order valence-corrected chi connectivity index (χ4v) is 3.82. The maximum atomic E-state index is 11.8. The summed E-state index contributed by atoms with van der Waals surface area (Å²) in [5.74, 6) is 0.980. The quantitative estimate of drug-likeness (QED) is 0.612. The molecule has 5 heteroatoms. The van der Waals surface area contributed by atoms with Crippen molar-refractivity contribution in [3.05, 3.63) is 0 Å². The standard InChI is InChI=1S/C16H28N4O/c1-17-15(18-11-14(21)19-13-5-6-13)20-10-9-16(12-20)7-3-2-4-8-16/h13H,2-12H2,1H3,(H,17,18)(H,19,21). The maximum absolute atomic E-state index is 11.8. The van der Waals surface area contributed by atoms with Crippen LogP contribution in [0.25, 0.3) is 0 Å². The Morgan fingerprint density at radius 2 is 2.00 bits per heavy atom. The molecule has 2 N–H and O–H groups in total. The maximum Gasteiger partial charge on any atom is 0.239 e. The molecule has 3 rings (SSSR count). The van der Waals surface area contributed by atoms with E-state index < -0.39 is 0 Å². The molecule has 1 saturated heterocycles. The van der Waals surface area contributed by atoms with Gasteiger partial charge in [-0.25, -0.2) is 0 Å². The third-order valence-electron chi connectivity index (χ3n) is 5.21. The summed E-state index contributed by atoms with van der Waals surface area (Å²) in [6.07, 6.45) is 10.4. The first-order valence-electron chi connectivity index (χ1n) is 8.46. The second-order valence-electron chi connectivity index (χ2n) is 6.97. The molecule has 3 aliphatic rings. The van der Waals surface area contributed by atoms with Crippen LogP contribution in [0, 0.1) is 5.41 Å². The number of nitrogens with one attached hydrogen (secondary N) is 2. The number of aliphatic imine (C=N–C) groups is 1. The molecule has 0 aromatic rings. The van der Waals surface area contributed by atoms with Crippen molar-refractivity contribution in [2.24, 2.45) is 10.4 Å². The number of guanidine groups is 1. The van der Waals surface area contributed by atoms with Crippen molar-refractivity contribution >= 4 is 11.9 Å². The molecule has 1 amide bonds. The van der Waals surface area contributed by atoms with Crippen molar-refractivity contribution in [3.8, 4) is 0 Å². The number of carbonyl (C=O) groups excluding carboxylic acids is 1. The van der Waals surface area contributed by atoms with Crippen molar-refractivity contribution in [3.63, 3.8) is 0 Å². The van der Waals surface area contributed by atoms with Gasteiger partial charge in [-0.05, 0) is 37.5 Å². The Morgan fingerprint density at radius 1 is 1.24 bits per heavy atom. The van der Waals surface area contributed by atoms with Crippen molar-refractivity contribution in [2.75, 3.05) is 26.7 Å². The van der Waals surface area contributed by atoms with Crippen LogP contribution in [0.1, 0.15) is 51.4 Å². The summed E-state index contributed by atoms with van der Waals surface area (Å²) < 4.78 is 0. The predicted octanol–water partition coefficient (Wildman–Crippen LogP) is 1.50. The molecule has 0 bridgehead atoms. The first kappa shape index (κ1) is 14.7. The highest BCUT2D eigenvalue weighted by Gasteiger charge is 2.39. The topological polar surface area (TPSA) is 56.7 Å². The van der Waals surface area contributed by atoms with Gasteiger partial charge >= 0.3 is 0 Å². The minimum Gasteiger partial charge on any atom is -0.352 e. The zero-order valence-corrected chi connectivity index (χ0v) is 13.2. The van der Waals surface area contributed by atoms with E-state index in [0.717, 1.165) is 31.9 Å². The van der Waals surface area contributed by atoms with Gasteiger partial charge in [-0.2, -0.15) is 0 Å². The smallest absolute Gasteiger partial charge is 0.239 e. The number of nitrogens with zero attached hydrogens (tertiary/aromatic N) is 2. The summed E-state index contributed by atoms with van der Waals surface area (Å²) in [6, 6.07) is 0.429. The van der Waals surface area contributed by atoms with E-state index in [0.29, 0.717) is 18.0 Å². The fraction of sp³-hybridized carbons (Fsp3) is 0.875. The summed E-state index contributed by atoms with van der Waals surface area (Å²) in [7, 11) is 1.81. The van der Waals surface area contributed by atoms with E-state index >= 15 is 0 Å². The van der Waals surface area contributed by atoms with E-state index in [1.54, 1.807) is 0 Å². The average molecular weight is 292 g/mol. The van der Waals surface area contributed by atoms with Gasteiger partial charge < -0.3 is 15.5 Å². The van der Waals surface area contributed by atoms with Crippen LogP contribution in [0.5, 0.6) is 0 Å². The number of carbonyl (C=O) groups is 1. The van der Waals surface area contributed by atoms with Crippen LogP contribution < -0.4 is 10.6 Å². The van der Waals surface area contributed by atoms with Crippen molar-refractivity contribution < 1.29 is 4.79 Å². The van der Waals surface area contributed by atoms with Crippen LogP contribution in [0.3, 0.4) is 0 Å². The zero-order chi connectivity index (χ0) is 14.7. The summed E-state index contributed by atoms with van der Waals surface area (Å²) in [4.78, 5) is 18.5. The Morgan fingerprint density at radius 3 is 2.67 bits per heavy atom. The fourth-order valence-electron chi connectivity index (χ4n) is 3.82. The zero-order valence-electron chi connectivity index (χ0n) is 13.2. The Hall–Kier alpha value is -1.26. The molecule has 1 spiro atoms. The third-order valence-corrected chi connectivity index (χ3v) is 5.21. The predicted molar refractivity (Wildman–Crippen MR) is 84.2 cm³/mol. The van der Waals surface area contributed by atoms with E-state index in [2.05, 4.69) is 20.5 Å². The molecule has 0 radical (unpaired) electrons. The highest BCUT2D eigenvalue weighted by molar-refractivity contribution is 5.86. The molecular formula is C16H28N4O. The summed E-state index contributed by atoms with van der Waals surface area (Å²) in [6.45, 7) is 2.52. The lowest BCUT2D eigenvalue weighted by atomic mass is 9.73. The Balaban J connectivity index is 1.48. The highest BCUT2D eigenvalue weighted by Crippen LogP contribution is 2.43. The molecule has 1 heterocycles. The number of rotatable bonds is 3. The van der Waals surface area contributed by atoms with Crippen molar-refractivity contribution in [2.45, 2.75) is 57.4 Å². The van der Waals surface area contributed by atoms with Gasteiger partial charge in [0.1, 0.15) is 0 Å². The van der Waals surface area contributed by atoms with Gasteiger partial charge in [0.05, 0.1) is 6.54 Å². The molecule has 2 aliphatic carbocycles. The Bertz CT molecular complexity index is 411. The highest BCUT2D eigenvalue weighted by atomic mass is 16.2. The number of hydrogen-bond acceptors (Lipinski definition) is 2. The number of hydrogen-bond donors (Lipinski definition) is 2. The normalized spacial score (nSPS) is 25.2. The molecule has 118 valence electrons. The monoisotopic (exact) mass is 292 g/mol. The minimum absolute atomic E-state index is 0.0882. The molecule has 3 fully saturated rings. The second-order valence-corrected chi connectivity index (χ2v) is 6.97. The number of likely N-dealkylation sites (tertiary alicyclic amines) is 1. The molecular weight excluding hydrogens is 264 g/mol. The van der Waals surface area contributed by atoms with Gasteiger partial charge in [0.2, 0.25) is 5.91 Å². The molecule has 0 aromatic heterocycles. The van der Waals surface area contributed by atoms with Gasteiger partial charge in [0.25, 0.3) is 0 Å². The van der Waals surface area contributed by atoms with Crippen LogP contribution in [0.4, 0.5) is 0 Å². The van der Waals surface area contributed by atoms with E-state index in [9.17, 15) is 4.79 Å². The van der Waals surface area contributed by atoms with Crippen LogP contribution in [-0.2, 0) is 4.79 Å². The summed E-state index contributed by atoms with van der Waals surface area (Å²) in [5, 5.41) is 6.24. The minimum atomic E-state index is 0.0882. The van der Waals surface area contributed by atoms with Crippen LogP contribution >= 0.6 is 0 Å². The Kier molecular flexibility index (Phi) is 4.36. The molecule has 0 atom stereocenters. The molecule has 0 aromatic carbocycles. The largest absolute Gasteiger partial charge is 0.352 e. The van der Waals surface area contributed by atoms with E-state index in [1.807, 2.05) is 7.05 Å². The summed E-state index contributed by atoms with van der Waals surface area (Å²) in [5.41, 5.74) is 0.520. The first-order valence-corrected chi connectivity index (χ1v) is 8.46. The van der Waals surface area contributed by atoms with Crippen LogP contribution in [-0.4, -0.2) is 49.5 Å². The van der Waals surface area contributed by atoms with Gasteiger partial charge in [0.15, 0.2) is 5.96 Å². The van der Waals surface area contributed by atoms with E-state index in [4.69, 9.17) is 0 Å². The van der Waals surface area contributed by atoms with Gasteiger partial charge in [-0.1, -0.05) is 19.3 Å². The van der Waals surface area contributed by atoms with E-state index in [1.165, 1.54) is 38.5 Å². The second kappa shape index (κ2) is 6.24. The first-order chi connectivity index (χ1) is 10.2. The molecule has 0 unspecified atom stereocenters. The molecule has 1 aliphatic heterocycles. The van der Waals surface area contributed by atoms with Gasteiger partial charge in [-0.15, -0.1) is 0 Å². The molecule has 5 nitrogen and oxygen atoms in total. The number of amides is 1. The SMILES string of the molecule is CN=C(NCC(=O)NC1CC1)N1CCC2(CCCCC2)C1. The van der Waals surface area contributed by atoms with Gasteiger partial charge in [-0.3, -0.25) is 9.79 Å². The molecule has 2 saturated carbocycles.